The summed E-state index contributed by atoms with van der Waals surface area (Å²) in [6.45, 7) is 6.56. The average molecular weight is 266 g/mol. The standard InChI is InChI=1S/C13H22N4O2/c1-13(2,10-4-3-6-14-8-10)12(18)15-7-5-11-16-9-17-19-11/h9-10,14H,3-8H2,1-2H3,(H,15,18). The molecule has 1 saturated heterocycles. The molecule has 0 saturated carbocycles. The van der Waals surface area contributed by atoms with Crippen molar-refractivity contribution in [1.82, 2.24) is 20.8 Å². The lowest BCUT2D eigenvalue weighted by Crippen LogP contribution is -2.47. The zero-order valence-corrected chi connectivity index (χ0v) is 11.6. The summed E-state index contributed by atoms with van der Waals surface area (Å²) in [6.07, 6.45) is 4.19. The van der Waals surface area contributed by atoms with Crippen molar-refractivity contribution in [3.63, 3.8) is 0 Å². The van der Waals surface area contributed by atoms with E-state index in [0.29, 0.717) is 24.8 Å². The molecule has 0 bridgehead atoms. The quantitative estimate of drug-likeness (QED) is 0.822. The van der Waals surface area contributed by atoms with E-state index in [1.54, 1.807) is 0 Å². The molecule has 1 atom stereocenters. The highest BCUT2D eigenvalue weighted by Crippen LogP contribution is 2.31. The van der Waals surface area contributed by atoms with Crippen LogP contribution in [-0.2, 0) is 11.2 Å². The molecule has 1 unspecified atom stereocenters. The van der Waals surface area contributed by atoms with Gasteiger partial charge >= 0.3 is 0 Å². The Bertz CT molecular complexity index is 397. The third-order valence-corrected chi connectivity index (χ3v) is 3.93. The van der Waals surface area contributed by atoms with E-state index in [9.17, 15) is 4.79 Å². The summed E-state index contributed by atoms with van der Waals surface area (Å²) in [7, 11) is 0. The fraction of sp³-hybridized carbons (Fsp3) is 0.769. The molecule has 1 aliphatic rings. The van der Waals surface area contributed by atoms with Gasteiger partial charge in [-0.3, -0.25) is 4.79 Å². The number of carbonyl (C=O) groups is 1. The molecule has 2 heterocycles. The van der Waals surface area contributed by atoms with Crippen LogP contribution in [0.3, 0.4) is 0 Å². The van der Waals surface area contributed by atoms with E-state index in [4.69, 9.17) is 4.52 Å². The molecule has 19 heavy (non-hydrogen) atoms. The van der Waals surface area contributed by atoms with Crippen LogP contribution in [0.15, 0.2) is 10.9 Å². The van der Waals surface area contributed by atoms with Crippen LogP contribution in [0.1, 0.15) is 32.6 Å². The Morgan fingerprint density at radius 3 is 3.11 bits per heavy atom. The van der Waals surface area contributed by atoms with E-state index >= 15 is 0 Å². The van der Waals surface area contributed by atoms with Gasteiger partial charge in [-0.05, 0) is 31.8 Å². The van der Waals surface area contributed by atoms with Crippen molar-refractivity contribution in [1.29, 1.82) is 0 Å². The Morgan fingerprint density at radius 2 is 2.47 bits per heavy atom. The van der Waals surface area contributed by atoms with Crippen molar-refractivity contribution >= 4 is 5.91 Å². The van der Waals surface area contributed by atoms with Gasteiger partial charge in [0.15, 0.2) is 6.33 Å². The van der Waals surface area contributed by atoms with Crippen molar-refractivity contribution in [3.8, 4) is 0 Å². The van der Waals surface area contributed by atoms with Gasteiger partial charge in [-0.2, -0.15) is 4.98 Å². The first-order valence-electron chi connectivity index (χ1n) is 6.85. The molecule has 1 fully saturated rings. The summed E-state index contributed by atoms with van der Waals surface area (Å²) in [5, 5.41) is 9.86. The molecular formula is C13H22N4O2. The highest BCUT2D eigenvalue weighted by Gasteiger charge is 2.36. The number of nitrogens with one attached hydrogen (secondary N) is 2. The van der Waals surface area contributed by atoms with E-state index in [2.05, 4.69) is 20.8 Å². The first-order valence-corrected chi connectivity index (χ1v) is 6.85. The topological polar surface area (TPSA) is 80.1 Å². The van der Waals surface area contributed by atoms with Gasteiger partial charge in [-0.15, -0.1) is 0 Å². The number of carbonyl (C=O) groups excluding carboxylic acids is 1. The number of rotatable bonds is 5. The lowest BCUT2D eigenvalue weighted by Gasteiger charge is -2.36. The van der Waals surface area contributed by atoms with Gasteiger partial charge < -0.3 is 15.2 Å². The highest BCUT2D eigenvalue weighted by molar-refractivity contribution is 5.82. The van der Waals surface area contributed by atoms with Crippen LogP contribution in [0, 0.1) is 11.3 Å². The number of hydrogen-bond acceptors (Lipinski definition) is 5. The van der Waals surface area contributed by atoms with Gasteiger partial charge in [0.25, 0.3) is 0 Å². The van der Waals surface area contributed by atoms with E-state index in [1.807, 2.05) is 13.8 Å². The first kappa shape index (κ1) is 14.0. The van der Waals surface area contributed by atoms with Crippen molar-refractivity contribution in [3.05, 3.63) is 12.2 Å². The molecule has 0 aliphatic carbocycles. The molecule has 1 aliphatic heterocycles. The second kappa shape index (κ2) is 6.14. The van der Waals surface area contributed by atoms with Crippen molar-refractivity contribution in [2.75, 3.05) is 19.6 Å². The summed E-state index contributed by atoms with van der Waals surface area (Å²) in [5.74, 6) is 1.04. The zero-order valence-electron chi connectivity index (χ0n) is 11.6. The van der Waals surface area contributed by atoms with Crippen LogP contribution in [0.5, 0.6) is 0 Å². The predicted molar refractivity (Wildman–Crippen MR) is 70.4 cm³/mol. The third kappa shape index (κ3) is 3.53. The Balaban J connectivity index is 1.80. The van der Waals surface area contributed by atoms with E-state index < -0.39 is 0 Å². The Labute approximate surface area is 113 Å². The summed E-state index contributed by atoms with van der Waals surface area (Å²) in [5.41, 5.74) is -0.345. The third-order valence-electron chi connectivity index (χ3n) is 3.93. The number of aromatic nitrogens is 2. The zero-order chi connectivity index (χ0) is 13.7. The number of piperidine rings is 1. The van der Waals surface area contributed by atoms with Crippen LogP contribution in [0.25, 0.3) is 0 Å². The van der Waals surface area contributed by atoms with Crippen LogP contribution >= 0.6 is 0 Å². The fourth-order valence-electron chi connectivity index (χ4n) is 2.47. The SMILES string of the molecule is CC(C)(C(=O)NCCc1ncno1)C1CCCNC1. The summed E-state index contributed by atoms with van der Waals surface area (Å²) < 4.78 is 4.89. The van der Waals surface area contributed by atoms with Gasteiger partial charge in [-0.25, -0.2) is 0 Å². The monoisotopic (exact) mass is 266 g/mol. The average Bonchev–Trinajstić information content (AvgIpc) is 2.93. The maximum atomic E-state index is 12.3. The summed E-state index contributed by atoms with van der Waals surface area (Å²) in [4.78, 5) is 16.2. The first-order chi connectivity index (χ1) is 9.10. The Morgan fingerprint density at radius 1 is 1.63 bits per heavy atom. The lowest BCUT2D eigenvalue weighted by atomic mass is 9.74. The minimum absolute atomic E-state index is 0.0979. The lowest BCUT2D eigenvalue weighted by molar-refractivity contribution is -0.132. The fourth-order valence-corrected chi connectivity index (χ4v) is 2.47. The van der Waals surface area contributed by atoms with E-state index in [0.717, 1.165) is 25.9 Å². The second-order valence-electron chi connectivity index (χ2n) is 5.61. The number of amides is 1. The van der Waals surface area contributed by atoms with Crippen molar-refractivity contribution < 1.29 is 9.32 Å². The molecule has 2 N–H and O–H groups in total. The van der Waals surface area contributed by atoms with Gasteiger partial charge in [0.2, 0.25) is 11.8 Å². The predicted octanol–water partition coefficient (Wildman–Crippen LogP) is 0.754. The van der Waals surface area contributed by atoms with Crippen LogP contribution in [0.4, 0.5) is 0 Å². The molecule has 106 valence electrons. The van der Waals surface area contributed by atoms with Crippen molar-refractivity contribution in [2.45, 2.75) is 33.1 Å². The molecule has 6 nitrogen and oxygen atoms in total. The minimum atomic E-state index is -0.345. The van der Waals surface area contributed by atoms with Gasteiger partial charge in [-0.1, -0.05) is 19.0 Å². The Kier molecular flexibility index (Phi) is 4.52. The molecule has 6 heteroatoms. The molecule has 0 radical (unpaired) electrons. The molecule has 0 aromatic carbocycles. The van der Waals surface area contributed by atoms with Gasteiger partial charge in [0.1, 0.15) is 0 Å². The number of nitrogens with zero attached hydrogens (tertiary/aromatic N) is 2. The summed E-state index contributed by atoms with van der Waals surface area (Å²) >= 11 is 0. The molecule has 0 spiro atoms. The van der Waals surface area contributed by atoms with Crippen LogP contribution < -0.4 is 10.6 Å². The molecule has 1 aromatic rings. The van der Waals surface area contributed by atoms with Crippen molar-refractivity contribution in [2.24, 2.45) is 11.3 Å². The van der Waals surface area contributed by atoms with E-state index in [-0.39, 0.29) is 11.3 Å². The second-order valence-corrected chi connectivity index (χ2v) is 5.61. The van der Waals surface area contributed by atoms with E-state index in [1.165, 1.54) is 6.33 Å². The molecular weight excluding hydrogens is 244 g/mol. The van der Waals surface area contributed by atoms with Crippen LogP contribution in [-0.4, -0.2) is 35.7 Å². The largest absolute Gasteiger partial charge is 0.355 e. The number of hydrogen-bond donors (Lipinski definition) is 2. The maximum Gasteiger partial charge on any atom is 0.228 e. The molecule has 1 amide bonds. The molecule has 2 rings (SSSR count). The normalized spacial score (nSPS) is 20.2. The highest BCUT2D eigenvalue weighted by atomic mass is 16.5. The smallest absolute Gasteiger partial charge is 0.228 e. The maximum absolute atomic E-state index is 12.3. The minimum Gasteiger partial charge on any atom is -0.355 e. The molecule has 1 aromatic heterocycles. The van der Waals surface area contributed by atoms with Gasteiger partial charge in [0, 0.05) is 18.4 Å². The summed E-state index contributed by atoms with van der Waals surface area (Å²) in [6, 6.07) is 0. The van der Waals surface area contributed by atoms with Gasteiger partial charge in [0.05, 0.1) is 0 Å². The Hall–Kier alpha value is -1.43. The van der Waals surface area contributed by atoms with Crippen LogP contribution in [0.2, 0.25) is 0 Å².